The molecule has 2 aromatic carbocycles. The van der Waals surface area contributed by atoms with Gasteiger partial charge in [-0.3, -0.25) is 9.59 Å². The predicted molar refractivity (Wildman–Crippen MR) is 94.6 cm³/mol. The van der Waals surface area contributed by atoms with Crippen LogP contribution in [0.3, 0.4) is 0 Å². The Morgan fingerprint density at radius 1 is 0.708 bits per heavy atom. The van der Waals surface area contributed by atoms with Crippen LogP contribution >= 0.6 is 0 Å². The molecule has 2 nitrogen and oxygen atoms in total. The van der Waals surface area contributed by atoms with Crippen molar-refractivity contribution in [1.82, 2.24) is 0 Å². The molecule has 0 N–H and O–H groups in total. The van der Waals surface area contributed by atoms with Gasteiger partial charge in [-0.25, -0.2) is 0 Å². The van der Waals surface area contributed by atoms with Crippen molar-refractivity contribution in [3.05, 3.63) is 103 Å². The number of carbonyl (C=O) groups excluding carboxylic acids is 2. The molecule has 0 aliphatic heterocycles. The van der Waals surface area contributed by atoms with Crippen LogP contribution in [0.15, 0.2) is 60.7 Å². The van der Waals surface area contributed by atoms with Crippen LogP contribution in [0.1, 0.15) is 27.6 Å². The standard InChI is InChI=1S/C22H19O2/c1-16(17-10-8-9-11-17)20(21(23)18-12-4-2-5-13-18)22(24)19-14-6-3-7-15-19/h2-16,20H,1H3/t16-/m0/s1. The average molecular weight is 315 g/mol. The first-order valence-electron chi connectivity index (χ1n) is 8.08. The van der Waals surface area contributed by atoms with Crippen LogP contribution in [0.25, 0.3) is 0 Å². The van der Waals surface area contributed by atoms with Crippen molar-refractivity contribution in [1.29, 1.82) is 0 Å². The van der Waals surface area contributed by atoms with Gasteiger partial charge in [0.1, 0.15) is 0 Å². The van der Waals surface area contributed by atoms with Crippen LogP contribution in [0.2, 0.25) is 0 Å². The Morgan fingerprint density at radius 2 is 1.12 bits per heavy atom. The van der Waals surface area contributed by atoms with Crippen molar-refractivity contribution >= 4 is 11.6 Å². The van der Waals surface area contributed by atoms with E-state index in [1.54, 1.807) is 24.3 Å². The Morgan fingerprint density at radius 3 is 1.54 bits per heavy atom. The number of benzene rings is 2. The third-order valence-electron chi connectivity index (χ3n) is 4.40. The molecule has 2 heteroatoms. The second-order valence-corrected chi connectivity index (χ2v) is 5.95. The lowest BCUT2D eigenvalue weighted by Crippen LogP contribution is -2.33. The van der Waals surface area contributed by atoms with Crippen molar-refractivity contribution in [3.8, 4) is 0 Å². The first kappa shape index (κ1) is 16.6. The Kier molecular flexibility index (Phi) is 5.24. The molecular weight excluding hydrogens is 296 g/mol. The van der Waals surface area contributed by atoms with Crippen LogP contribution in [0.5, 0.6) is 0 Å². The van der Waals surface area contributed by atoms with Crippen LogP contribution in [-0.2, 0) is 0 Å². The molecule has 0 saturated heterocycles. The molecule has 0 unspecified atom stereocenters. The van der Waals surface area contributed by atoms with Gasteiger partial charge in [0.15, 0.2) is 11.6 Å². The van der Waals surface area contributed by atoms with Crippen molar-refractivity contribution < 1.29 is 9.59 Å². The van der Waals surface area contributed by atoms with E-state index in [-0.39, 0.29) is 17.5 Å². The molecule has 1 aliphatic rings. The maximum atomic E-state index is 13.1. The predicted octanol–water partition coefficient (Wildman–Crippen LogP) is 4.41. The minimum absolute atomic E-state index is 0.127. The second kappa shape index (κ2) is 7.57. The van der Waals surface area contributed by atoms with E-state index in [0.717, 1.165) is 5.92 Å². The van der Waals surface area contributed by atoms with E-state index < -0.39 is 5.92 Å². The summed E-state index contributed by atoms with van der Waals surface area (Å²) in [5.41, 5.74) is 1.15. The smallest absolute Gasteiger partial charge is 0.173 e. The van der Waals surface area contributed by atoms with Crippen LogP contribution in [0, 0.1) is 43.4 Å². The fourth-order valence-corrected chi connectivity index (χ4v) is 3.02. The first-order valence-corrected chi connectivity index (χ1v) is 8.08. The molecule has 5 radical (unpaired) electrons. The van der Waals surface area contributed by atoms with Gasteiger partial charge in [0.05, 0.1) is 5.92 Å². The highest BCUT2D eigenvalue weighted by Gasteiger charge is 2.38. The highest BCUT2D eigenvalue weighted by Crippen LogP contribution is 2.37. The number of carbonyl (C=O) groups is 2. The van der Waals surface area contributed by atoms with E-state index in [0.29, 0.717) is 11.1 Å². The summed E-state index contributed by atoms with van der Waals surface area (Å²) >= 11 is 0. The Hall–Kier alpha value is -2.22. The Balaban J connectivity index is 1.94. The van der Waals surface area contributed by atoms with Crippen LogP contribution in [0.4, 0.5) is 0 Å². The normalized spacial score (nSPS) is 16.2. The number of rotatable bonds is 6. The van der Waals surface area contributed by atoms with E-state index in [2.05, 4.69) is 0 Å². The molecule has 3 rings (SSSR count). The summed E-state index contributed by atoms with van der Waals surface area (Å²) in [6.07, 6.45) is 7.80. The summed E-state index contributed by atoms with van der Waals surface area (Å²) in [6, 6.07) is 18.1. The number of Topliss-reactive ketones (excluding diaryl/α,β-unsaturated/α-hetero) is 2. The van der Waals surface area contributed by atoms with Gasteiger partial charge in [-0.05, 0) is 37.5 Å². The minimum Gasteiger partial charge on any atom is -0.293 e. The van der Waals surface area contributed by atoms with Gasteiger partial charge in [-0.15, -0.1) is 0 Å². The molecule has 24 heavy (non-hydrogen) atoms. The molecule has 2 aromatic rings. The summed E-state index contributed by atoms with van der Waals surface area (Å²) in [5, 5.41) is 0. The lowest BCUT2D eigenvalue weighted by Gasteiger charge is -2.26. The van der Waals surface area contributed by atoms with E-state index in [1.165, 1.54) is 0 Å². The summed E-state index contributed by atoms with van der Waals surface area (Å²) in [4.78, 5) is 26.2. The third kappa shape index (κ3) is 3.48. The fourth-order valence-electron chi connectivity index (χ4n) is 3.02. The van der Waals surface area contributed by atoms with Gasteiger partial charge in [-0.1, -0.05) is 67.6 Å². The van der Waals surface area contributed by atoms with Gasteiger partial charge in [0.25, 0.3) is 0 Å². The summed E-state index contributed by atoms with van der Waals surface area (Å²) in [5.74, 6) is -0.150. The fraction of sp³-hybridized carbons (Fsp3) is 0.136. The SMILES string of the molecule is C[C@@H]([C]1[CH][CH][CH][CH]1)C(C(=O)c1ccccc1)C(=O)c1ccccc1. The second-order valence-electron chi connectivity index (χ2n) is 5.95. The van der Waals surface area contributed by atoms with Crippen LogP contribution in [-0.4, -0.2) is 11.6 Å². The zero-order valence-electron chi connectivity index (χ0n) is 13.6. The molecule has 1 atom stereocenters. The highest BCUT2D eigenvalue weighted by molar-refractivity contribution is 6.16. The largest absolute Gasteiger partial charge is 0.293 e. The van der Waals surface area contributed by atoms with Gasteiger partial charge in [0.2, 0.25) is 0 Å². The van der Waals surface area contributed by atoms with Gasteiger partial charge >= 0.3 is 0 Å². The lowest BCUT2D eigenvalue weighted by atomic mass is 9.74. The molecule has 0 bridgehead atoms. The maximum Gasteiger partial charge on any atom is 0.173 e. The molecule has 0 aromatic heterocycles. The lowest BCUT2D eigenvalue weighted by molar-refractivity contribution is 0.0767. The molecule has 0 amide bonds. The minimum atomic E-state index is -0.725. The zero-order chi connectivity index (χ0) is 16.9. The molecular formula is C22H19O2. The summed E-state index contributed by atoms with van der Waals surface area (Å²) in [6.45, 7) is 1.95. The van der Waals surface area contributed by atoms with E-state index in [1.807, 2.05) is 69.0 Å². The van der Waals surface area contributed by atoms with Gasteiger partial charge in [-0.2, -0.15) is 0 Å². The van der Waals surface area contributed by atoms with E-state index in [9.17, 15) is 9.59 Å². The summed E-state index contributed by atoms with van der Waals surface area (Å²) < 4.78 is 0. The zero-order valence-corrected chi connectivity index (χ0v) is 13.6. The molecule has 0 spiro atoms. The van der Waals surface area contributed by atoms with Crippen molar-refractivity contribution in [2.24, 2.45) is 11.8 Å². The number of ketones is 2. The molecule has 0 heterocycles. The topological polar surface area (TPSA) is 34.1 Å². The molecule has 119 valence electrons. The van der Waals surface area contributed by atoms with Gasteiger partial charge in [0, 0.05) is 11.1 Å². The quantitative estimate of drug-likeness (QED) is 0.584. The van der Waals surface area contributed by atoms with E-state index >= 15 is 0 Å². The number of hydrogen-bond acceptors (Lipinski definition) is 2. The van der Waals surface area contributed by atoms with Crippen molar-refractivity contribution in [2.45, 2.75) is 6.92 Å². The van der Waals surface area contributed by atoms with Crippen LogP contribution < -0.4 is 0 Å². The third-order valence-corrected chi connectivity index (χ3v) is 4.40. The average Bonchev–Trinajstić information content (AvgIpc) is 3.18. The monoisotopic (exact) mass is 315 g/mol. The maximum absolute atomic E-state index is 13.1. The Labute approximate surface area is 143 Å². The Bertz CT molecular complexity index is 633. The molecule has 1 fully saturated rings. The van der Waals surface area contributed by atoms with Gasteiger partial charge < -0.3 is 0 Å². The molecule has 1 saturated carbocycles. The summed E-state index contributed by atoms with van der Waals surface area (Å²) in [7, 11) is 0. The highest BCUT2D eigenvalue weighted by atomic mass is 16.2. The van der Waals surface area contributed by atoms with Crippen molar-refractivity contribution in [3.63, 3.8) is 0 Å². The number of hydrogen-bond donors (Lipinski definition) is 0. The van der Waals surface area contributed by atoms with E-state index in [4.69, 9.17) is 0 Å². The van der Waals surface area contributed by atoms with Crippen molar-refractivity contribution in [2.75, 3.05) is 0 Å². The first-order chi connectivity index (χ1) is 11.7. The molecule has 1 aliphatic carbocycles.